The van der Waals surface area contributed by atoms with Crippen LogP contribution >= 0.6 is 15.9 Å². The van der Waals surface area contributed by atoms with E-state index in [9.17, 15) is 20.2 Å². The number of carbonyl (C=O) groups excluding carboxylic acids is 1. The number of ether oxygens (including phenoxy) is 2. The summed E-state index contributed by atoms with van der Waals surface area (Å²) < 4.78 is 11.6. The number of amides is 1. The molecule has 0 heterocycles. The van der Waals surface area contributed by atoms with Crippen molar-refractivity contribution in [2.24, 2.45) is 0 Å². The molecule has 33 heavy (non-hydrogen) atoms. The SMILES string of the molecule is COc1cc(/C=C(\C#N)c2cccc([N+](=O)[O-])c2)cc(Br)c1OCC(=O)Nc1ccccc1. The molecule has 8 nitrogen and oxygen atoms in total. The zero-order valence-corrected chi connectivity index (χ0v) is 19.0. The van der Waals surface area contributed by atoms with Crippen LogP contribution in [0.1, 0.15) is 11.1 Å². The molecule has 166 valence electrons. The van der Waals surface area contributed by atoms with Crippen molar-refractivity contribution in [3.8, 4) is 17.6 Å². The first-order valence-electron chi connectivity index (χ1n) is 9.63. The average Bonchev–Trinajstić information content (AvgIpc) is 2.82. The smallest absolute Gasteiger partial charge is 0.270 e. The highest BCUT2D eigenvalue weighted by Gasteiger charge is 2.15. The van der Waals surface area contributed by atoms with Gasteiger partial charge in [-0.3, -0.25) is 14.9 Å². The standard InChI is InChI=1S/C24H18BrN3O5/c1-32-22-12-16(10-18(14-26)17-6-5-9-20(13-17)28(30)31)11-21(25)24(22)33-15-23(29)27-19-7-3-2-4-8-19/h2-13H,15H2,1H3,(H,27,29)/b18-10+. The van der Waals surface area contributed by atoms with Crippen molar-refractivity contribution in [2.45, 2.75) is 0 Å². The number of non-ortho nitro benzene ring substituents is 1. The Morgan fingerprint density at radius 2 is 1.94 bits per heavy atom. The lowest BCUT2D eigenvalue weighted by Crippen LogP contribution is -2.20. The molecular formula is C24H18BrN3O5. The molecule has 0 atom stereocenters. The van der Waals surface area contributed by atoms with Crippen LogP contribution in [0.3, 0.4) is 0 Å². The topological polar surface area (TPSA) is 114 Å². The van der Waals surface area contributed by atoms with Crippen LogP contribution in [-0.4, -0.2) is 24.5 Å². The van der Waals surface area contributed by atoms with Gasteiger partial charge in [0.2, 0.25) is 0 Å². The Morgan fingerprint density at radius 1 is 1.18 bits per heavy atom. The molecule has 3 rings (SSSR count). The fraction of sp³-hybridized carbons (Fsp3) is 0.0833. The predicted molar refractivity (Wildman–Crippen MR) is 128 cm³/mol. The summed E-state index contributed by atoms with van der Waals surface area (Å²) in [5.74, 6) is 0.336. The first-order chi connectivity index (χ1) is 15.9. The average molecular weight is 508 g/mol. The summed E-state index contributed by atoms with van der Waals surface area (Å²) in [6, 6.07) is 20.2. The number of hydrogen-bond acceptors (Lipinski definition) is 6. The van der Waals surface area contributed by atoms with Gasteiger partial charge in [-0.1, -0.05) is 30.3 Å². The van der Waals surface area contributed by atoms with E-state index >= 15 is 0 Å². The zero-order valence-electron chi connectivity index (χ0n) is 17.4. The van der Waals surface area contributed by atoms with Gasteiger partial charge >= 0.3 is 0 Å². The lowest BCUT2D eigenvalue weighted by atomic mass is 10.0. The normalized spacial score (nSPS) is 10.8. The predicted octanol–water partition coefficient (Wildman–Crippen LogP) is 5.45. The Kier molecular flexibility index (Phi) is 7.78. The number of benzene rings is 3. The van der Waals surface area contributed by atoms with Crippen molar-refractivity contribution in [1.82, 2.24) is 0 Å². The molecule has 0 spiro atoms. The van der Waals surface area contributed by atoms with Gasteiger partial charge in [0.25, 0.3) is 11.6 Å². The summed E-state index contributed by atoms with van der Waals surface area (Å²) in [4.78, 5) is 22.7. The number of nitrogens with one attached hydrogen (secondary N) is 1. The molecule has 0 bridgehead atoms. The number of hydrogen-bond donors (Lipinski definition) is 1. The number of anilines is 1. The molecule has 0 fully saturated rings. The zero-order chi connectivity index (χ0) is 23.8. The minimum atomic E-state index is -0.516. The lowest BCUT2D eigenvalue weighted by molar-refractivity contribution is -0.384. The van der Waals surface area contributed by atoms with Gasteiger partial charge in [-0.2, -0.15) is 5.26 Å². The summed E-state index contributed by atoms with van der Waals surface area (Å²) in [5, 5.41) is 23.4. The number of carbonyl (C=O) groups is 1. The van der Waals surface area contributed by atoms with E-state index in [0.29, 0.717) is 32.8 Å². The number of methoxy groups -OCH3 is 1. The van der Waals surface area contributed by atoms with E-state index < -0.39 is 4.92 Å². The van der Waals surface area contributed by atoms with E-state index in [1.54, 1.807) is 36.4 Å². The number of halogens is 1. The number of para-hydroxylation sites is 1. The highest BCUT2D eigenvalue weighted by Crippen LogP contribution is 2.37. The lowest BCUT2D eigenvalue weighted by Gasteiger charge is -2.14. The highest BCUT2D eigenvalue weighted by molar-refractivity contribution is 9.10. The summed E-state index contributed by atoms with van der Waals surface area (Å²) in [6.07, 6.45) is 1.58. The fourth-order valence-corrected chi connectivity index (χ4v) is 3.53. The number of nitro groups is 1. The molecular weight excluding hydrogens is 490 g/mol. The van der Waals surface area contributed by atoms with Crippen LogP contribution in [0.5, 0.6) is 11.5 Å². The van der Waals surface area contributed by atoms with Crippen molar-refractivity contribution in [1.29, 1.82) is 5.26 Å². The van der Waals surface area contributed by atoms with Crippen molar-refractivity contribution < 1.29 is 19.2 Å². The first-order valence-corrected chi connectivity index (χ1v) is 10.4. The third-order valence-electron chi connectivity index (χ3n) is 4.46. The van der Waals surface area contributed by atoms with E-state index in [1.165, 1.54) is 25.3 Å². The van der Waals surface area contributed by atoms with Crippen molar-refractivity contribution in [3.05, 3.63) is 92.4 Å². The van der Waals surface area contributed by atoms with Crippen LogP contribution < -0.4 is 14.8 Å². The quantitative estimate of drug-likeness (QED) is 0.187. The van der Waals surface area contributed by atoms with E-state index in [0.717, 1.165) is 0 Å². The van der Waals surface area contributed by atoms with Crippen molar-refractivity contribution >= 4 is 44.9 Å². The molecule has 3 aromatic carbocycles. The van der Waals surface area contributed by atoms with Gasteiger partial charge in [0, 0.05) is 17.8 Å². The Morgan fingerprint density at radius 3 is 2.61 bits per heavy atom. The first kappa shape index (κ1) is 23.5. The molecule has 0 radical (unpaired) electrons. The second-order valence-electron chi connectivity index (χ2n) is 6.71. The molecule has 9 heteroatoms. The van der Waals surface area contributed by atoms with Gasteiger partial charge in [-0.15, -0.1) is 0 Å². The second kappa shape index (κ2) is 10.9. The molecule has 0 unspecified atom stereocenters. The van der Waals surface area contributed by atoms with Gasteiger partial charge in [0.1, 0.15) is 0 Å². The fourth-order valence-electron chi connectivity index (χ4n) is 2.95. The van der Waals surface area contributed by atoms with Crippen molar-refractivity contribution in [2.75, 3.05) is 19.0 Å². The summed E-state index contributed by atoms with van der Waals surface area (Å²) in [7, 11) is 1.46. The second-order valence-corrected chi connectivity index (χ2v) is 7.57. The Bertz CT molecular complexity index is 1250. The molecule has 0 saturated heterocycles. The molecule has 0 aliphatic heterocycles. The molecule has 1 N–H and O–H groups in total. The monoisotopic (exact) mass is 507 g/mol. The van der Waals surface area contributed by atoms with E-state index in [2.05, 4.69) is 27.3 Å². The van der Waals surface area contributed by atoms with Crippen LogP contribution in [0.15, 0.2) is 71.2 Å². The van der Waals surface area contributed by atoms with Crippen molar-refractivity contribution in [3.63, 3.8) is 0 Å². The van der Waals surface area contributed by atoms with Crippen LogP contribution in [0.4, 0.5) is 11.4 Å². The maximum Gasteiger partial charge on any atom is 0.270 e. The van der Waals surface area contributed by atoms with Gasteiger partial charge < -0.3 is 14.8 Å². The summed E-state index contributed by atoms with van der Waals surface area (Å²) >= 11 is 3.42. The van der Waals surface area contributed by atoms with Crippen LogP contribution in [-0.2, 0) is 4.79 Å². The van der Waals surface area contributed by atoms with Gasteiger partial charge in [-0.25, -0.2) is 0 Å². The minimum Gasteiger partial charge on any atom is -0.493 e. The van der Waals surface area contributed by atoms with Gasteiger partial charge in [0.15, 0.2) is 18.1 Å². The minimum absolute atomic E-state index is 0.107. The van der Waals surface area contributed by atoms with E-state index in [1.807, 2.05) is 18.2 Å². The van der Waals surface area contributed by atoms with Gasteiger partial charge in [-0.05, 0) is 57.4 Å². The summed E-state index contributed by atoms with van der Waals surface area (Å²) in [6.45, 7) is -0.240. The van der Waals surface area contributed by atoms with E-state index in [4.69, 9.17) is 9.47 Å². The Balaban J connectivity index is 1.82. The van der Waals surface area contributed by atoms with Crippen LogP contribution in [0, 0.1) is 21.4 Å². The number of nitrogens with zero attached hydrogens (tertiary/aromatic N) is 2. The molecule has 0 aliphatic carbocycles. The third-order valence-corrected chi connectivity index (χ3v) is 5.05. The number of rotatable bonds is 8. The number of allylic oxidation sites excluding steroid dienone is 1. The van der Waals surface area contributed by atoms with Crippen LogP contribution in [0.25, 0.3) is 11.6 Å². The van der Waals surface area contributed by atoms with E-state index in [-0.39, 0.29) is 23.8 Å². The highest BCUT2D eigenvalue weighted by atomic mass is 79.9. The third kappa shape index (κ3) is 6.18. The Hall–Kier alpha value is -4.16. The maximum absolute atomic E-state index is 12.2. The molecule has 1 amide bonds. The van der Waals surface area contributed by atoms with Gasteiger partial charge in [0.05, 0.1) is 28.1 Å². The molecule has 0 aliphatic rings. The maximum atomic E-state index is 12.2. The molecule has 0 aromatic heterocycles. The number of nitro benzene ring substituents is 1. The molecule has 3 aromatic rings. The van der Waals surface area contributed by atoms with Crippen LogP contribution in [0.2, 0.25) is 0 Å². The summed E-state index contributed by atoms with van der Waals surface area (Å²) in [5.41, 5.74) is 1.80. The molecule has 0 saturated carbocycles. The largest absolute Gasteiger partial charge is 0.493 e. The number of nitriles is 1. The Labute approximate surface area is 198 Å².